The fraction of sp³-hybridized carbons (Fsp3) is 0.857. The fourth-order valence-electron chi connectivity index (χ4n) is 3.28. The zero-order chi connectivity index (χ0) is 14.6. The molecule has 6 heteroatoms. The zero-order valence-corrected chi connectivity index (χ0v) is 11.8. The number of carboxylic acid groups (broad SMARTS) is 1. The fourth-order valence-corrected chi connectivity index (χ4v) is 3.28. The molecule has 0 aromatic carbocycles. The number of carbonyl (C=O) groups excluding carboxylic acids is 1. The SMILES string of the molecule is O=C(NC1(C(=O)O)CCCC1)N1CCCCCC1CO. The maximum Gasteiger partial charge on any atom is 0.329 e. The molecule has 3 N–H and O–H groups in total. The summed E-state index contributed by atoms with van der Waals surface area (Å²) in [7, 11) is 0. The van der Waals surface area contributed by atoms with Crippen molar-refractivity contribution >= 4 is 12.0 Å². The Labute approximate surface area is 119 Å². The van der Waals surface area contributed by atoms with Crippen molar-refractivity contribution in [3.8, 4) is 0 Å². The molecular weight excluding hydrogens is 260 g/mol. The highest BCUT2D eigenvalue weighted by molar-refractivity contribution is 5.86. The maximum absolute atomic E-state index is 12.4. The minimum absolute atomic E-state index is 0.0620. The van der Waals surface area contributed by atoms with E-state index in [2.05, 4.69) is 5.32 Å². The van der Waals surface area contributed by atoms with Gasteiger partial charge in [0.15, 0.2) is 0 Å². The van der Waals surface area contributed by atoms with Gasteiger partial charge in [-0.3, -0.25) is 0 Å². The quantitative estimate of drug-likeness (QED) is 0.729. The van der Waals surface area contributed by atoms with E-state index in [0.717, 1.165) is 38.5 Å². The number of aliphatic carboxylic acids is 1. The van der Waals surface area contributed by atoms with E-state index >= 15 is 0 Å². The van der Waals surface area contributed by atoms with Gasteiger partial charge in [-0.15, -0.1) is 0 Å². The van der Waals surface area contributed by atoms with Gasteiger partial charge in [0.1, 0.15) is 5.54 Å². The van der Waals surface area contributed by atoms with Crippen LogP contribution in [0.1, 0.15) is 51.4 Å². The van der Waals surface area contributed by atoms with Crippen molar-refractivity contribution in [3.05, 3.63) is 0 Å². The second-order valence-corrected chi connectivity index (χ2v) is 5.90. The lowest BCUT2D eigenvalue weighted by Gasteiger charge is -2.33. The van der Waals surface area contributed by atoms with Crippen LogP contribution in [0.3, 0.4) is 0 Å². The molecule has 2 rings (SSSR count). The number of hydrogen-bond acceptors (Lipinski definition) is 3. The van der Waals surface area contributed by atoms with Crippen molar-refractivity contribution in [3.63, 3.8) is 0 Å². The molecule has 1 saturated heterocycles. The van der Waals surface area contributed by atoms with Gasteiger partial charge in [-0.25, -0.2) is 9.59 Å². The van der Waals surface area contributed by atoms with E-state index < -0.39 is 11.5 Å². The normalized spacial score (nSPS) is 26.1. The van der Waals surface area contributed by atoms with E-state index in [1.165, 1.54) is 0 Å². The first-order valence-electron chi connectivity index (χ1n) is 7.52. The third kappa shape index (κ3) is 3.06. The molecule has 1 saturated carbocycles. The number of nitrogens with one attached hydrogen (secondary N) is 1. The number of aliphatic hydroxyl groups excluding tert-OH is 1. The van der Waals surface area contributed by atoms with Gasteiger partial charge in [0.2, 0.25) is 0 Å². The Bertz CT molecular complexity index is 366. The molecule has 20 heavy (non-hydrogen) atoms. The molecule has 1 atom stereocenters. The lowest BCUT2D eigenvalue weighted by molar-refractivity contribution is -0.144. The van der Waals surface area contributed by atoms with Crippen LogP contribution >= 0.6 is 0 Å². The van der Waals surface area contributed by atoms with Crippen LogP contribution in [0.15, 0.2) is 0 Å². The van der Waals surface area contributed by atoms with Crippen molar-refractivity contribution in [2.75, 3.05) is 13.2 Å². The molecule has 2 fully saturated rings. The number of carboxylic acids is 1. The highest BCUT2D eigenvalue weighted by Gasteiger charge is 2.44. The molecule has 2 aliphatic rings. The molecule has 114 valence electrons. The molecule has 0 radical (unpaired) electrons. The van der Waals surface area contributed by atoms with Gasteiger partial charge in [-0.2, -0.15) is 0 Å². The Kier molecular flexibility index (Phi) is 4.86. The van der Waals surface area contributed by atoms with Gasteiger partial charge < -0.3 is 20.4 Å². The van der Waals surface area contributed by atoms with Crippen LogP contribution in [0.25, 0.3) is 0 Å². The van der Waals surface area contributed by atoms with Crippen LogP contribution < -0.4 is 5.32 Å². The average Bonchev–Trinajstić information content (AvgIpc) is 2.76. The monoisotopic (exact) mass is 284 g/mol. The summed E-state index contributed by atoms with van der Waals surface area (Å²) in [6.45, 7) is 0.528. The summed E-state index contributed by atoms with van der Waals surface area (Å²) in [5.74, 6) is -0.946. The predicted molar refractivity (Wildman–Crippen MR) is 73.4 cm³/mol. The first kappa shape index (κ1) is 15.1. The van der Waals surface area contributed by atoms with Gasteiger partial charge in [0.25, 0.3) is 0 Å². The smallest absolute Gasteiger partial charge is 0.329 e. The number of rotatable bonds is 3. The standard InChI is InChI=1S/C14H24N2O4/c17-10-11-6-2-1-5-9-16(11)13(20)15-14(12(18)19)7-3-4-8-14/h11,17H,1-10H2,(H,15,20)(H,18,19). The number of amides is 2. The summed E-state index contributed by atoms with van der Waals surface area (Å²) < 4.78 is 0. The Balaban J connectivity index is 2.07. The van der Waals surface area contributed by atoms with Crippen LogP contribution in [0, 0.1) is 0 Å². The van der Waals surface area contributed by atoms with Crippen molar-refractivity contribution in [2.24, 2.45) is 0 Å². The zero-order valence-electron chi connectivity index (χ0n) is 11.8. The van der Waals surface area contributed by atoms with Crippen molar-refractivity contribution in [2.45, 2.75) is 62.9 Å². The number of likely N-dealkylation sites (tertiary alicyclic amines) is 1. The van der Waals surface area contributed by atoms with Gasteiger partial charge in [-0.05, 0) is 25.7 Å². The lowest BCUT2D eigenvalue weighted by atomic mass is 9.98. The summed E-state index contributed by atoms with van der Waals surface area (Å²) in [4.78, 5) is 25.5. The molecule has 0 spiro atoms. The van der Waals surface area contributed by atoms with E-state index in [1.54, 1.807) is 4.90 Å². The van der Waals surface area contributed by atoms with Gasteiger partial charge in [-0.1, -0.05) is 25.7 Å². The highest BCUT2D eigenvalue weighted by Crippen LogP contribution is 2.30. The molecule has 0 bridgehead atoms. The van der Waals surface area contributed by atoms with E-state index in [1.807, 2.05) is 0 Å². The first-order valence-corrected chi connectivity index (χ1v) is 7.52. The van der Waals surface area contributed by atoms with Crippen LogP contribution in [0.2, 0.25) is 0 Å². The van der Waals surface area contributed by atoms with E-state index in [-0.39, 0.29) is 18.7 Å². The largest absolute Gasteiger partial charge is 0.480 e. The van der Waals surface area contributed by atoms with Crippen LogP contribution in [-0.4, -0.2) is 51.8 Å². The van der Waals surface area contributed by atoms with E-state index in [9.17, 15) is 19.8 Å². The number of carbonyl (C=O) groups is 2. The summed E-state index contributed by atoms with van der Waals surface area (Å²) >= 11 is 0. The Morgan fingerprint density at radius 2 is 1.85 bits per heavy atom. The van der Waals surface area contributed by atoms with E-state index in [0.29, 0.717) is 19.4 Å². The average molecular weight is 284 g/mol. The minimum atomic E-state index is -1.11. The molecule has 1 aliphatic heterocycles. The number of aliphatic hydroxyl groups is 1. The van der Waals surface area contributed by atoms with E-state index in [4.69, 9.17) is 0 Å². The lowest BCUT2D eigenvalue weighted by Crippen LogP contribution is -2.58. The summed E-state index contributed by atoms with van der Waals surface area (Å²) in [5.41, 5.74) is -1.11. The van der Waals surface area contributed by atoms with Crippen LogP contribution in [0.5, 0.6) is 0 Å². The number of hydrogen-bond donors (Lipinski definition) is 3. The van der Waals surface area contributed by atoms with Crippen LogP contribution in [-0.2, 0) is 4.79 Å². The Hall–Kier alpha value is -1.30. The summed E-state index contributed by atoms with van der Waals surface area (Å²) in [5, 5.41) is 21.6. The molecule has 0 aromatic heterocycles. The predicted octanol–water partition coefficient (Wildman–Crippen LogP) is 1.33. The number of urea groups is 1. The maximum atomic E-state index is 12.4. The third-order valence-corrected chi connectivity index (χ3v) is 4.56. The second-order valence-electron chi connectivity index (χ2n) is 5.90. The summed E-state index contributed by atoms with van der Waals surface area (Å²) in [6, 6.07) is -0.528. The van der Waals surface area contributed by atoms with Crippen LogP contribution in [0.4, 0.5) is 4.79 Å². The third-order valence-electron chi connectivity index (χ3n) is 4.56. The topological polar surface area (TPSA) is 89.9 Å². The molecule has 6 nitrogen and oxygen atoms in total. The van der Waals surface area contributed by atoms with Crippen molar-refractivity contribution in [1.82, 2.24) is 10.2 Å². The molecule has 1 unspecified atom stereocenters. The first-order chi connectivity index (χ1) is 9.59. The molecular formula is C14H24N2O4. The van der Waals surface area contributed by atoms with Gasteiger partial charge in [0, 0.05) is 6.54 Å². The molecule has 2 amide bonds. The minimum Gasteiger partial charge on any atom is -0.480 e. The highest BCUT2D eigenvalue weighted by atomic mass is 16.4. The van der Waals surface area contributed by atoms with Crippen molar-refractivity contribution in [1.29, 1.82) is 0 Å². The molecule has 0 aromatic rings. The van der Waals surface area contributed by atoms with Crippen molar-refractivity contribution < 1.29 is 19.8 Å². The van der Waals surface area contributed by atoms with Gasteiger partial charge >= 0.3 is 12.0 Å². The summed E-state index contributed by atoms with van der Waals surface area (Å²) in [6.07, 6.45) is 6.38. The molecule has 1 heterocycles. The van der Waals surface area contributed by atoms with Gasteiger partial charge in [0.05, 0.1) is 12.6 Å². The number of nitrogens with zero attached hydrogens (tertiary/aromatic N) is 1. The Morgan fingerprint density at radius 1 is 1.15 bits per heavy atom. The second kappa shape index (κ2) is 6.43. The Morgan fingerprint density at radius 3 is 2.45 bits per heavy atom. The molecule has 1 aliphatic carbocycles.